The Hall–Kier alpha value is -2.49. The molecule has 0 spiro atoms. The van der Waals surface area contributed by atoms with Gasteiger partial charge in [0.15, 0.2) is 10.9 Å². The number of rotatable bonds is 8. The van der Waals surface area contributed by atoms with Crippen LogP contribution in [0.15, 0.2) is 36.4 Å². The molecule has 0 aliphatic rings. The second-order valence-electron chi connectivity index (χ2n) is 7.22. The molecule has 31 heavy (non-hydrogen) atoms. The zero-order chi connectivity index (χ0) is 22.2. The zero-order valence-corrected chi connectivity index (χ0v) is 19.4. The number of thiazole rings is 1. The number of carbonyl (C=O) groups excluding carboxylic acids is 1. The number of benzene rings is 2. The Kier molecular flexibility index (Phi) is 6.00. The van der Waals surface area contributed by atoms with Crippen molar-refractivity contribution >= 4 is 70.9 Å². The highest BCUT2D eigenvalue weighted by Crippen LogP contribution is 2.31. The molecular formula is C21H21ClN4O3S2. The zero-order valence-electron chi connectivity index (χ0n) is 17.1. The van der Waals surface area contributed by atoms with Crippen LogP contribution in [0.3, 0.4) is 0 Å². The first-order valence-electron chi connectivity index (χ1n) is 9.79. The maximum atomic E-state index is 12.5. The van der Waals surface area contributed by atoms with Crippen LogP contribution in [-0.2, 0) is 16.9 Å². The SMILES string of the molecule is CCS(=O)(=O)CCCC(=O)c1ccc2c(c1)nc(Nc1nc3ccc(Cl)cc3s1)n2C. The Balaban J connectivity index is 1.53. The summed E-state index contributed by atoms with van der Waals surface area (Å²) < 4.78 is 26.1. The van der Waals surface area contributed by atoms with Crippen LogP contribution < -0.4 is 5.32 Å². The molecule has 2 aromatic carbocycles. The van der Waals surface area contributed by atoms with Gasteiger partial charge in [0.2, 0.25) is 5.95 Å². The summed E-state index contributed by atoms with van der Waals surface area (Å²) in [6.07, 6.45) is 0.515. The summed E-state index contributed by atoms with van der Waals surface area (Å²) in [6.45, 7) is 1.61. The van der Waals surface area contributed by atoms with E-state index in [-0.39, 0.29) is 23.7 Å². The number of hydrogen-bond acceptors (Lipinski definition) is 7. The minimum Gasteiger partial charge on any atom is -0.313 e. The number of hydrogen-bond donors (Lipinski definition) is 1. The molecule has 0 fully saturated rings. The lowest BCUT2D eigenvalue weighted by Crippen LogP contribution is -2.10. The van der Waals surface area contributed by atoms with Gasteiger partial charge in [-0.15, -0.1) is 0 Å². The molecule has 0 bridgehead atoms. The number of aryl methyl sites for hydroxylation is 1. The topological polar surface area (TPSA) is 93.9 Å². The molecule has 162 valence electrons. The molecule has 7 nitrogen and oxygen atoms in total. The fourth-order valence-corrected chi connectivity index (χ4v) is 5.28. The number of aromatic nitrogens is 3. The molecule has 0 radical (unpaired) electrons. The molecule has 0 amide bonds. The van der Waals surface area contributed by atoms with Crippen molar-refractivity contribution in [2.45, 2.75) is 19.8 Å². The van der Waals surface area contributed by atoms with E-state index in [1.54, 1.807) is 25.1 Å². The predicted octanol–water partition coefficient (Wildman–Crippen LogP) is 4.98. The molecule has 1 N–H and O–H groups in total. The highest BCUT2D eigenvalue weighted by molar-refractivity contribution is 7.91. The molecule has 0 saturated carbocycles. The van der Waals surface area contributed by atoms with Crippen molar-refractivity contribution in [2.24, 2.45) is 7.05 Å². The Labute approximate surface area is 189 Å². The first-order valence-corrected chi connectivity index (χ1v) is 12.8. The summed E-state index contributed by atoms with van der Waals surface area (Å²) in [5.41, 5.74) is 2.94. The number of ketones is 1. The molecule has 0 aliphatic heterocycles. The van der Waals surface area contributed by atoms with Crippen molar-refractivity contribution in [1.82, 2.24) is 14.5 Å². The van der Waals surface area contributed by atoms with E-state index in [1.807, 2.05) is 29.8 Å². The van der Waals surface area contributed by atoms with Crippen molar-refractivity contribution in [3.8, 4) is 0 Å². The van der Waals surface area contributed by atoms with Gasteiger partial charge in [-0.25, -0.2) is 18.4 Å². The lowest BCUT2D eigenvalue weighted by Gasteiger charge is -2.03. The summed E-state index contributed by atoms with van der Waals surface area (Å²) in [7, 11) is -1.18. The van der Waals surface area contributed by atoms with Crippen LogP contribution in [0, 0.1) is 0 Å². The maximum absolute atomic E-state index is 12.5. The quantitative estimate of drug-likeness (QED) is 0.360. The number of Topliss-reactive ketones (excluding diaryl/α,β-unsaturated/α-hetero) is 1. The maximum Gasteiger partial charge on any atom is 0.209 e. The summed E-state index contributed by atoms with van der Waals surface area (Å²) in [5.74, 6) is 0.649. The molecule has 2 heterocycles. The number of carbonyl (C=O) groups is 1. The molecular weight excluding hydrogens is 456 g/mol. The van der Waals surface area contributed by atoms with Gasteiger partial charge in [-0.3, -0.25) is 4.79 Å². The smallest absolute Gasteiger partial charge is 0.209 e. The second kappa shape index (κ2) is 8.57. The molecule has 0 atom stereocenters. The number of imidazole rings is 1. The Bertz CT molecular complexity index is 1390. The van der Waals surface area contributed by atoms with Crippen molar-refractivity contribution < 1.29 is 13.2 Å². The third kappa shape index (κ3) is 4.73. The van der Waals surface area contributed by atoms with Gasteiger partial charge >= 0.3 is 0 Å². The summed E-state index contributed by atoms with van der Waals surface area (Å²) in [4.78, 5) is 21.7. The van der Waals surface area contributed by atoms with Crippen LogP contribution in [0.4, 0.5) is 11.1 Å². The number of anilines is 2. The van der Waals surface area contributed by atoms with Crippen molar-refractivity contribution in [2.75, 3.05) is 16.8 Å². The van der Waals surface area contributed by atoms with Crippen LogP contribution in [0.1, 0.15) is 30.1 Å². The number of fused-ring (bicyclic) bond motifs is 2. The largest absolute Gasteiger partial charge is 0.313 e. The molecule has 0 saturated heterocycles. The standard InChI is InChI=1S/C21H21ClN4O3S2/c1-3-31(28,29)10-4-5-18(27)13-6-9-17-16(11-13)23-20(26(17)2)25-21-24-15-8-7-14(22)12-19(15)30-21/h6-9,11-12H,3-5,10H2,1-2H3,(H,23,24,25). The average molecular weight is 477 g/mol. The summed E-state index contributed by atoms with van der Waals surface area (Å²) in [5, 5.41) is 4.60. The van der Waals surface area contributed by atoms with Crippen LogP contribution in [0.2, 0.25) is 5.02 Å². The minimum absolute atomic E-state index is 0.0303. The van der Waals surface area contributed by atoms with E-state index in [1.165, 1.54) is 11.3 Å². The van der Waals surface area contributed by atoms with Gasteiger partial charge < -0.3 is 9.88 Å². The van der Waals surface area contributed by atoms with Crippen LogP contribution in [-0.4, -0.2) is 40.2 Å². The third-order valence-electron chi connectivity index (χ3n) is 5.07. The van der Waals surface area contributed by atoms with Crippen LogP contribution in [0.5, 0.6) is 0 Å². The van der Waals surface area contributed by atoms with E-state index >= 15 is 0 Å². The Morgan fingerprint density at radius 2 is 1.97 bits per heavy atom. The van der Waals surface area contributed by atoms with Crippen LogP contribution in [0.25, 0.3) is 21.3 Å². The number of sulfone groups is 1. The van der Waals surface area contributed by atoms with E-state index in [0.717, 1.165) is 15.7 Å². The van der Waals surface area contributed by atoms with Gasteiger partial charge in [-0.2, -0.15) is 0 Å². The fourth-order valence-electron chi connectivity index (χ4n) is 3.27. The van der Waals surface area contributed by atoms with Gasteiger partial charge in [0, 0.05) is 29.8 Å². The van der Waals surface area contributed by atoms with Crippen LogP contribution >= 0.6 is 22.9 Å². The first-order chi connectivity index (χ1) is 14.8. The van der Waals surface area contributed by atoms with Crippen molar-refractivity contribution in [1.29, 1.82) is 0 Å². The van der Waals surface area contributed by atoms with E-state index in [4.69, 9.17) is 11.6 Å². The average Bonchev–Trinajstić information content (AvgIpc) is 3.27. The van der Waals surface area contributed by atoms with E-state index < -0.39 is 9.84 Å². The van der Waals surface area contributed by atoms with Gasteiger partial charge in [-0.05, 0) is 42.8 Å². The lowest BCUT2D eigenvalue weighted by atomic mass is 10.1. The van der Waals surface area contributed by atoms with Gasteiger partial charge in [0.05, 0.1) is 27.0 Å². The normalized spacial score (nSPS) is 12.0. The highest BCUT2D eigenvalue weighted by Gasteiger charge is 2.15. The first kappa shape index (κ1) is 21.7. The molecule has 4 rings (SSSR count). The van der Waals surface area contributed by atoms with Gasteiger partial charge in [0.1, 0.15) is 9.84 Å². The number of halogens is 1. The highest BCUT2D eigenvalue weighted by atomic mass is 35.5. The lowest BCUT2D eigenvalue weighted by molar-refractivity contribution is 0.0982. The van der Waals surface area contributed by atoms with Crippen molar-refractivity contribution in [3.63, 3.8) is 0 Å². The Morgan fingerprint density at radius 1 is 1.16 bits per heavy atom. The predicted molar refractivity (Wildman–Crippen MR) is 127 cm³/mol. The second-order valence-corrected chi connectivity index (χ2v) is 11.2. The molecule has 0 unspecified atom stereocenters. The third-order valence-corrected chi connectivity index (χ3v) is 8.03. The fraction of sp³-hybridized carbons (Fsp3) is 0.286. The number of nitrogens with zero attached hydrogens (tertiary/aromatic N) is 3. The van der Waals surface area contributed by atoms with E-state index in [9.17, 15) is 13.2 Å². The van der Waals surface area contributed by atoms with E-state index in [2.05, 4.69) is 15.3 Å². The molecule has 2 aromatic heterocycles. The summed E-state index contributed by atoms with van der Waals surface area (Å²) in [6, 6.07) is 10.9. The molecule has 10 heteroatoms. The Morgan fingerprint density at radius 3 is 2.74 bits per heavy atom. The summed E-state index contributed by atoms with van der Waals surface area (Å²) >= 11 is 7.54. The molecule has 4 aromatic rings. The van der Waals surface area contributed by atoms with Crippen molar-refractivity contribution in [3.05, 3.63) is 47.0 Å². The monoisotopic (exact) mass is 476 g/mol. The minimum atomic E-state index is -3.06. The number of nitrogens with one attached hydrogen (secondary N) is 1. The van der Waals surface area contributed by atoms with Gasteiger partial charge in [0.25, 0.3) is 0 Å². The molecule has 0 aliphatic carbocycles. The van der Waals surface area contributed by atoms with Gasteiger partial charge in [-0.1, -0.05) is 29.9 Å². The van der Waals surface area contributed by atoms with E-state index in [0.29, 0.717) is 33.6 Å².